The molecule has 2 aromatic carbocycles. The van der Waals surface area contributed by atoms with Gasteiger partial charge in [0.15, 0.2) is 0 Å². The summed E-state index contributed by atoms with van der Waals surface area (Å²) in [6, 6.07) is 18.9. The molecule has 0 spiro atoms. The van der Waals surface area contributed by atoms with Gasteiger partial charge in [-0.15, -0.1) is 0 Å². The summed E-state index contributed by atoms with van der Waals surface area (Å²) in [5, 5.41) is 0. The molecule has 1 aliphatic heterocycles. The van der Waals surface area contributed by atoms with Gasteiger partial charge in [0.2, 0.25) is 6.23 Å². The molecule has 29 heavy (non-hydrogen) atoms. The van der Waals surface area contributed by atoms with Gasteiger partial charge in [-0.05, 0) is 11.1 Å². The molecule has 3 rings (SSSR count). The number of carbonyl (C=O) groups is 2. The van der Waals surface area contributed by atoms with Crippen molar-refractivity contribution in [3.8, 4) is 0 Å². The van der Waals surface area contributed by atoms with Crippen LogP contribution in [0.15, 0.2) is 65.7 Å². The monoisotopic (exact) mass is 396 g/mol. The summed E-state index contributed by atoms with van der Waals surface area (Å²) in [5.74, 6) is -0.914. The molecule has 0 bridgehead atoms. The van der Waals surface area contributed by atoms with Crippen LogP contribution in [0.1, 0.15) is 11.1 Å². The van der Waals surface area contributed by atoms with Gasteiger partial charge in [0.25, 0.3) is 0 Å². The van der Waals surface area contributed by atoms with Crippen molar-refractivity contribution in [1.29, 1.82) is 0 Å². The molecule has 1 heterocycles. The third-order valence-electron chi connectivity index (χ3n) is 4.35. The number of esters is 2. The second-order valence-electron chi connectivity index (χ2n) is 6.48. The highest BCUT2D eigenvalue weighted by atomic mass is 16.6. The zero-order valence-electron chi connectivity index (χ0n) is 16.1. The Labute approximate surface area is 169 Å². The number of carbonyl (C=O) groups excluding carboxylic acids is 2. The Morgan fingerprint density at radius 2 is 1.62 bits per heavy atom. The first-order chi connectivity index (χ1) is 14.2. The van der Waals surface area contributed by atoms with Crippen molar-refractivity contribution in [2.45, 2.75) is 19.4 Å². The lowest BCUT2D eigenvalue weighted by Crippen LogP contribution is -2.39. The average Bonchev–Trinajstić information content (AvgIpc) is 3.24. The van der Waals surface area contributed by atoms with E-state index in [-0.39, 0.29) is 13.2 Å². The predicted octanol–water partition coefficient (Wildman–Crippen LogP) is 2.20. The molecule has 0 N–H and O–H groups in total. The first-order valence-electron chi connectivity index (χ1n) is 9.49. The van der Waals surface area contributed by atoms with Crippen LogP contribution in [-0.2, 0) is 37.0 Å². The van der Waals surface area contributed by atoms with E-state index in [0.717, 1.165) is 11.1 Å². The van der Waals surface area contributed by atoms with Crippen molar-refractivity contribution in [3.05, 3.63) is 71.8 Å². The first kappa shape index (κ1) is 20.7. The number of nitrogens with zero attached hydrogens (tertiary/aromatic N) is 2. The lowest BCUT2D eigenvalue weighted by molar-refractivity contribution is -0.162. The van der Waals surface area contributed by atoms with E-state index in [1.807, 2.05) is 65.6 Å². The van der Waals surface area contributed by atoms with E-state index in [0.29, 0.717) is 26.2 Å². The summed E-state index contributed by atoms with van der Waals surface area (Å²) < 4.78 is 16.0. The van der Waals surface area contributed by atoms with E-state index < -0.39 is 18.2 Å². The Morgan fingerprint density at radius 3 is 2.28 bits per heavy atom. The second-order valence-corrected chi connectivity index (χ2v) is 6.48. The van der Waals surface area contributed by atoms with Crippen LogP contribution < -0.4 is 0 Å². The Balaban J connectivity index is 1.37. The Kier molecular flexibility index (Phi) is 7.91. The van der Waals surface area contributed by atoms with Crippen LogP contribution >= 0.6 is 0 Å². The fraction of sp³-hybridized carbons (Fsp3) is 0.318. The molecular weight excluding hydrogens is 372 g/mol. The topological polar surface area (TPSA) is 77.4 Å². The Bertz CT molecular complexity index is 810. The highest BCUT2D eigenvalue weighted by molar-refractivity contribution is 6.23. The van der Waals surface area contributed by atoms with Gasteiger partial charge >= 0.3 is 11.9 Å². The maximum absolute atomic E-state index is 12.3. The molecule has 0 amide bonds. The highest BCUT2D eigenvalue weighted by Gasteiger charge is 2.32. The molecule has 0 saturated carbocycles. The maximum atomic E-state index is 12.3. The largest absolute Gasteiger partial charge is 0.458 e. The van der Waals surface area contributed by atoms with E-state index in [9.17, 15) is 9.59 Å². The number of hydrogen-bond acceptors (Lipinski definition) is 7. The fourth-order valence-electron chi connectivity index (χ4n) is 2.84. The number of aliphatic imine (C=N–C) groups is 1. The zero-order valence-corrected chi connectivity index (χ0v) is 16.1. The van der Waals surface area contributed by atoms with E-state index in [4.69, 9.17) is 14.2 Å². The molecule has 1 unspecified atom stereocenters. The van der Waals surface area contributed by atoms with Crippen LogP contribution in [-0.4, -0.2) is 55.5 Å². The Morgan fingerprint density at radius 1 is 1.00 bits per heavy atom. The normalized spacial score (nSPS) is 16.8. The lowest BCUT2D eigenvalue weighted by Gasteiger charge is -2.20. The van der Waals surface area contributed by atoms with Crippen molar-refractivity contribution in [3.63, 3.8) is 0 Å². The first-order valence-corrected chi connectivity index (χ1v) is 9.49. The molecule has 1 saturated heterocycles. The van der Waals surface area contributed by atoms with E-state index >= 15 is 0 Å². The predicted molar refractivity (Wildman–Crippen MR) is 107 cm³/mol. The van der Waals surface area contributed by atoms with Crippen LogP contribution in [0.5, 0.6) is 0 Å². The van der Waals surface area contributed by atoms with Gasteiger partial charge in [-0.1, -0.05) is 60.7 Å². The van der Waals surface area contributed by atoms with E-state index in [1.165, 1.54) is 6.21 Å². The van der Waals surface area contributed by atoms with Crippen LogP contribution in [0.25, 0.3) is 0 Å². The van der Waals surface area contributed by atoms with Crippen LogP contribution in [0.4, 0.5) is 0 Å². The second kappa shape index (κ2) is 11.1. The molecule has 7 nitrogen and oxygen atoms in total. The minimum absolute atomic E-state index is 0.207. The van der Waals surface area contributed by atoms with Crippen LogP contribution in [0, 0.1) is 0 Å². The number of rotatable bonds is 9. The molecule has 0 aliphatic carbocycles. The average molecular weight is 396 g/mol. The molecule has 152 valence electrons. The number of benzene rings is 2. The van der Waals surface area contributed by atoms with Gasteiger partial charge in [-0.3, -0.25) is 9.89 Å². The molecule has 2 aromatic rings. The minimum Gasteiger partial charge on any atom is -0.458 e. The summed E-state index contributed by atoms with van der Waals surface area (Å²) in [5.41, 5.74) is 1.84. The number of hydrogen-bond donors (Lipinski definition) is 0. The Hall–Kier alpha value is -3.03. The van der Waals surface area contributed by atoms with Gasteiger partial charge < -0.3 is 14.2 Å². The summed E-state index contributed by atoms with van der Waals surface area (Å²) in [6.07, 6.45) is 0.432. The highest BCUT2D eigenvalue weighted by Crippen LogP contribution is 2.12. The maximum Gasteiger partial charge on any atom is 0.351 e. The molecule has 7 heteroatoms. The lowest BCUT2D eigenvalue weighted by atomic mass is 10.2. The smallest absolute Gasteiger partial charge is 0.351 e. The van der Waals surface area contributed by atoms with Crippen molar-refractivity contribution in [2.24, 2.45) is 4.99 Å². The molecular formula is C22H24N2O5. The molecule has 0 radical (unpaired) electrons. The summed E-state index contributed by atoms with van der Waals surface area (Å²) in [7, 11) is 0. The van der Waals surface area contributed by atoms with Gasteiger partial charge in [0.05, 0.1) is 13.2 Å². The van der Waals surface area contributed by atoms with Crippen molar-refractivity contribution >= 4 is 18.2 Å². The van der Waals surface area contributed by atoms with Crippen LogP contribution in [0.3, 0.4) is 0 Å². The summed E-state index contributed by atoms with van der Waals surface area (Å²) >= 11 is 0. The van der Waals surface area contributed by atoms with Gasteiger partial charge in [0.1, 0.15) is 19.4 Å². The quantitative estimate of drug-likeness (QED) is 0.478. The standard InChI is InChI=1S/C22H24N2O5/c25-20(28-16-18-7-3-1-4-8-18)15-23-11-12-24-13-14-27-21(24)22(26)29-17-19-9-5-2-6-10-19/h1-10,15,21H,11-14,16-17H2. The van der Waals surface area contributed by atoms with E-state index in [1.54, 1.807) is 0 Å². The zero-order chi connectivity index (χ0) is 20.3. The van der Waals surface area contributed by atoms with E-state index in [2.05, 4.69) is 4.99 Å². The fourth-order valence-corrected chi connectivity index (χ4v) is 2.84. The third-order valence-corrected chi connectivity index (χ3v) is 4.35. The van der Waals surface area contributed by atoms with Crippen molar-refractivity contribution in [2.75, 3.05) is 26.2 Å². The summed E-state index contributed by atoms with van der Waals surface area (Å²) in [4.78, 5) is 29.9. The van der Waals surface area contributed by atoms with Crippen molar-refractivity contribution < 1.29 is 23.8 Å². The van der Waals surface area contributed by atoms with Crippen molar-refractivity contribution in [1.82, 2.24) is 4.90 Å². The third kappa shape index (κ3) is 6.81. The number of ether oxygens (including phenoxy) is 3. The SMILES string of the molecule is O=C(C=NCCN1CCOC1C(=O)OCc1ccccc1)OCc1ccccc1. The van der Waals surface area contributed by atoms with Gasteiger partial charge in [-0.2, -0.15) is 0 Å². The molecule has 1 atom stereocenters. The molecule has 1 fully saturated rings. The minimum atomic E-state index is -0.737. The van der Waals surface area contributed by atoms with Crippen LogP contribution in [0.2, 0.25) is 0 Å². The van der Waals surface area contributed by atoms with Gasteiger partial charge in [-0.25, -0.2) is 9.59 Å². The molecule has 0 aromatic heterocycles. The molecule has 1 aliphatic rings. The summed E-state index contributed by atoms with van der Waals surface area (Å²) in [6.45, 7) is 2.31. The van der Waals surface area contributed by atoms with Gasteiger partial charge in [0, 0.05) is 13.1 Å².